The highest BCUT2D eigenvalue weighted by atomic mass is 19.4. The Labute approximate surface area is 180 Å². The number of pyridine rings is 1. The second-order valence-corrected chi connectivity index (χ2v) is 7.11. The number of benzene rings is 1. The lowest BCUT2D eigenvalue weighted by atomic mass is 10.1. The molecule has 0 aliphatic carbocycles. The van der Waals surface area contributed by atoms with Gasteiger partial charge in [-0.25, -0.2) is 4.98 Å². The molecule has 1 aliphatic heterocycles. The fraction of sp³-hybridized carbons (Fsp3) is 0.350. The van der Waals surface area contributed by atoms with Crippen LogP contribution in [0.2, 0.25) is 0 Å². The van der Waals surface area contributed by atoms with Crippen molar-refractivity contribution >= 4 is 11.5 Å². The lowest BCUT2D eigenvalue weighted by Gasteiger charge is -2.30. The van der Waals surface area contributed by atoms with E-state index in [4.69, 9.17) is 9.84 Å². The van der Waals surface area contributed by atoms with Gasteiger partial charge in [-0.1, -0.05) is 24.3 Å². The molecular formula is C20H19F3N6O3. The van der Waals surface area contributed by atoms with Crippen LogP contribution in [0.15, 0.2) is 36.5 Å². The van der Waals surface area contributed by atoms with Gasteiger partial charge in [-0.15, -0.1) is 10.2 Å². The molecule has 1 fully saturated rings. The molecule has 3 heterocycles. The number of carbonyl (C=O) groups is 1. The van der Waals surface area contributed by atoms with E-state index in [9.17, 15) is 18.0 Å². The number of anilines is 1. The molecule has 0 radical (unpaired) electrons. The highest BCUT2D eigenvalue weighted by molar-refractivity contribution is 5.96. The van der Waals surface area contributed by atoms with Crippen molar-refractivity contribution in [2.45, 2.75) is 12.7 Å². The molecule has 1 aliphatic rings. The first kappa shape index (κ1) is 21.8. The minimum absolute atomic E-state index is 0.104. The zero-order valence-electron chi connectivity index (χ0n) is 16.8. The number of aliphatic hydroxyl groups is 1. The maximum absolute atomic E-state index is 13.3. The van der Waals surface area contributed by atoms with E-state index in [1.165, 1.54) is 4.80 Å². The number of ether oxygens (including phenoxy) is 1. The van der Waals surface area contributed by atoms with E-state index in [0.717, 1.165) is 17.8 Å². The second kappa shape index (κ2) is 9.01. The topological polar surface area (TPSA) is 106 Å². The van der Waals surface area contributed by atoms with Gasteiger partial charge in [-0.2, -0.15) is 18.0 Å². The van der Waals surface area contributed by atoms with Crippen LogP contribution in [0.25, 0.3) is 11.5 Å². The number of aliphatic hydroxyl groups excluding tert-OH is 1. The quantitative estimate of drug-likeness (QED) is 0.570. The van der Waals surface area contributed by atoms with E-state index < -0.39 is 18.3 Å². The van der Waals surface area contributed by atoms with Gasteiger partial charge in [0.05, 0.1) is 31.0 Å². The number of rotatable bonds is 6. The highest BCUT2D eigenvalue weighted by Crippen LogP contribution is 2.35. The van der Waals surface area contributed by atoms with Gasteiger partial charge in [0.2, 0.25) is 5.82 Å². The van der Waals surface area contributed by atoms with Crippen LogP contribution in [-0.4, -0.2) is 69.0 Å². The maximum Gasteiger partial charge on any atom is 0.417 e. The predicted octanol–water partition coefficient (Wildman–Crippen LogP) is 1.81. The summed E-state index contributed by atoms with van der Waals surface area (Å²) in [4.78, 5) is 18.6. The largest absolute Gasteiger partial charge is 0.417 e. The summed E-state index contributed by atoms with van der Waals surface area (Å²) in [5.74, 6) is -0.283. The van der Waals surface area contributed by atoms with Crippen LogP contribution in [0.5, 0.6) is 0 Å². The number of morpholine rings is 1. The molecule has 0 saturated carbocycles. The third kappa shape index (κ3) is 4.75. The molecule has 0 unspecified atom stereocenters. The average Bonchev–Trinajstić information content (AvgIpc) is 3.27. The third-order valence-electron chi connectivity index (χ3n) is 4.95. The van der Waals surface area contributed by atoms with E-state index in [1.807, 2.05) is 0 Å². The van der Waals surface area contributed by atoms with Crippen LogP contribution < -0.4 is 4.90 Å². The van der Waals surface area contributed by atoms with E-state index >= 15 is 0 Å². The lowest BCUT2D eigenvalue weighted by Crippen LogP contribution is -2.36. The van der Waals surface area contributed by atoms with Gasteiger partial charge < -0.3 is 14.7 Å². The van der Waals surface area contributed by atoms with Gasteiger partial charge in [0.1, 0.15) is 12.3 Å². The molecule has 0 amide bonds. The van der Waals surface area contributed by atoms with E-state index in [-0.39, 0.29) is 29.5 Å². The summed E-state index contributed by atoms with van der Waals surface area (Å²) >= 11 is 0. The number of ketones is 1. The Kier molecular flexibility index (Phi) is 6.15. The summed E-state index contributed by atoms with van der Waals surface area (Å²) in [6.07, 6.45) is -3.77. The van der Waals surface area contributed by atoms with Crippen molar-refractivity contribution in [1.82, 2.24) is 25.2 Å². The number of alkyl halides is 3. The summed E-state index contributed by atoms with van der Waals surface area (Å²) in [5.41, 5.74) is 0.780. The molecule has 1 aromatic carbocycles. The Hall–Kier alpha value is -3.38. The van der Waals surface area contributed by atoms with Crippen LogP contribution in [0.4, 0.5) is 18.9 Å². The standard InChI is InChI=1S/C20H19F3N6O3/c21-20(22,23)15-9-16(28-5-7-32-8-6-28)18(24-10-15)19-25-27-29(26-19)11-13-1-3-14(4-2-13)17(31)12-30/h1-4,9-10,30H,5-8,11-12H2. The summed E-state index contributed by atoms with van der Waals surface area (Å²) in [6.45, 7) is 1.29. The number of Topliss-reactive ketones (excluding diaryl/α,β-unsaturated/α-hetero) is 1. The normalized spacial score (nSPS) is 14.6. The van der Waals surface area contributed by atoms with Crippen molar-refractivity contribution < 1.29 is 27.8 Å². The molecule has 9 nitrogen and oxygen atoms in total. The van der Waals surface area contributed by atoms with Crippen LogP contribution in [-0.2, 0) is 17.5 Å². The van der Waals surface area contributed by atoms with Crippen molar-refractivity contribution in [3.8, 4) is 11.5 Å². The first-order chi connectivity index (χ1) is 15.3. The monoisotopic (exact) mass is 448 g/mol. The SMILES string of the molecule is O=C(CO)c1ccc(Cn2nnc(-c3ncc(C(F)(F)F)cc3N3CCOCC3)n2)cc1. The molecule has 168 valence electrons. The number of aromatic nitrogens is 5. The van der Waals surface area contributed by atoms with Crippen molar-refractivity contribution in [1.29, 1.82) is 0 Å². The molecule has 32 heavy (non-hydrogen) atoms. The summed E-state index contributed by atoms with van der Waals surface area (Å²) in [7, 11) is 0. The van der Waals surface area contributed by atoms with Crippen molar-refractivity contribution in [2.24, 2.45) is 0 Å². The summed E-state index contributed by atoms with van der Waals surface area (Å²) in [6, 6.07) is 7.60. The lowest BCUT2D eigenvalue weighted by molar-refractivity contribution is -0.137. The number of nitrogens with zero attached hydrogens (tertiary/aromatic N) is 6. The highest BCUT2D eigenvalue weighted by Gasteiger charge is 2.33. The summed E-state index contributed by atoms with van der Waals surface area (Å²) in [5, 5.41) is 21.2. The molecule has 0 bridgehead atoms. The number of halogens is 3. The van der Waals surface area contributed by atoms with E-state index in [2.05, 4.69) is 20.4 Å². The fourth-order valence-corrected chi connectivity index (χ4v) is 3.28. The fourth-order valence-electron chi connectivity index (χ4n) is 3.28. The van der Waals surface area contributed by atoms with Crippen molar-refractivity contribution in [2.75, 3.05) is 37.8 Å². The molecule has 12 heteroatoms. The first-order valence-corrected chi connectivity index (χ1v) is 9.76. The van der Waals surface area contributed by atoms with Gasteiger partial charge in [0, 0.05) is 24.8 Å². The Morgan fingerprint density at radius 2 is 1.88 bits per heavy atom. The minimum Gasteiger partial charge on any atom is -0.388 e. The Morgan fingerprint density at radius 3 is 2.53 bits per heavy atom. The smallest absolute Gasteiger partial charge is 0.388 e. The second-order valence-electron chi connectivity index (χ2n) is 7.11. The van der Waals surface area contributed by atoms with Gasteiger partial charge >= 0.3 is 6.18 Å². The summed E-state index contributed by atoms with van der Waals surface area (Å²) < 4.78 is 45.1. The van der Waals surface area contributed by atoms with Crippen molar-refractivity contribution in [3.05, 3.63) is 53.2 Å². The molecule has 3 aromatic rings. The van der Waals surface area contributed by atoms with Gasteiger partial charge in [0.15, 0.2) is 5.78 Å². The molecule has 4 rings (SSSR count). The van der Waals surface area contributed by atoms with Crippen molar-refractivity contribution in [3.63, 3.8) is 0 Å². The minimum atomic E-state index is -4.53. The zero-order chi connectivity index (χ0) is 22.7. The van der Waals surface area contributed by atoms with E-state index in [1.54, 1.807) is 29.2 Å². The Morgan fingerprint density at radius 1 is 1.16 bits per heavy atom. The van der Waals surface area contributed by atoms with Crippen LogP contribution in [0, 0.1) is 0 Å². The molecule has 1 saturated heterocycles. The number of carbonyl (C=O) groups excluding carboxylic acids is 1. The van der Waals surface area contributed by atoms with Gasteiger partial charge in [-0.3, -0.25) is 4.79 Å². The van der Waals surface area contributed by atoms with Crippen LogP contribution >= 0.6 is 0 Å². The molecule has 0 atom stereocenters. The number of hydrogen-bond donors (Lipinski definition) is 1. The number of hydrogen-bond acceptors (Lipinski definition) is 8. The maximum atomic E-state index is 13.3. The molecule has 2 aromatic heterocycles. The van der Waals surface area contributed by atoms with Crippen LogP contribution in [0.1, 0.15) is 21.5 Å². The molecule has 0 spiro atoms. The third-order valence-corrected chi connectivity index (χ3v) is 4.95. The van der Waals surface area contributed by atoms with Gasteiger partial charge in [0.25, 0.3) is 0 Å². The predicted molar refractivity (Wildman–Crippen MR) is 106 cm³/mol. The Bertz CT molecular complexity index is 1090. The molecule has 1 N–H and O–H groups in total. The van der Waals surface area contributed by atoms with Crippen LogP contribution in [0.3, 0.4) is 0 Å². The zero-order valence-corrected chi connectivity index (χ0v) is 16.8. The molecular weight excluding hydrogens is 429 g/mol. The average molecular weight is 448 g/mol. The first-order valence-electron chi connectivity index (χ1n) is 9.76. The number of tetrazole rings is 1. The van der Waals surface area contributed by atoms with E-state index in [0.29, 0.717) is 31.9 Å². The van der Waals surface area contributed by atoms with Gasteiger partial charge in [-0.05, 0) is 16.8 Å². The Balaban J connectivity index is 1.60.